The molecular weight excluding hydrogens is 585 g/mol. The van der Waals surface area contributed by atoms with Crippen molar-refractivity contribution in [2.24, 2.45) is 5.92 Å². The van der Waals surface area contributed by atoms with Crippen molar-refractivity contribution < 1.29 is 28.3 Å². The highest BCUT2D eigenvalue weighted by molar-refractivity contribution is 9.25. The lowest BCUT2D eigenvalue weighted by Crippen LogP contribution is -2.39. The molecule has 180 valence electrons. The Morgan fingerprint density at radius 2 is 2.03 bits per heavy atom. The van der Waals surface area contributed by atoms with Crippen molar-refractivity contribution in [2.75, 3.05) is 18.5 Å². The molecule has 1 fully saturated rings. The van der Waals surface area contributed by atoms with E-state index in [-0.39, 0.29) is 24.4 Å². The molecule has 1 aromatic heterocycles. The predicted molar refractivity (Wildman–Crippen MR) is 129 cm³/mol. The summed E-state index contributed by atoms with van der Waals surface area (Å²) in [6.07, 6.45) is -2.01. The Kier molecular flexibility index (Phi) is 8.19. The number of anilines is 1. The number of para-hydroxylation sites is 1. The maximum atomic E-state index is 13.5. The summed E-state index contributed by atoms with van der Waals surface area (Å²) in [6.45, 7) is 2.70. The summed E-state index contributed by atoms with van der Waals surface area (Å²) >= 11 is 6.72. The number of nitrogens with zero attached hydrogens (tertiary/aromatic N) is 2. The van der Waals surface area contributed by atoms with Crippen LogP contribution in [0.25, 0.3) is 0 Å². The summed E-state index contributed by atoms with van der Waals surface area (Å²) in [5.41, 5.74) is 4.87. The molecule has 0 bridgehead atoms. The van der Waals surface area contributed by atoms with Crippen molar-refractivity contribution in [1.82, 2.24) is 9.55 Å². The summed E-state index contributed by atoms with van der Waals surface area (Å²) in [5.74, 6) is -0.379. The number of aromatic nitrogens is 2. The van der Waals surface area contributed by atoms with Crippen molar-refractivity contribution in [2.45, 2.75) is 35.5 Å². The van der Waals surface area contributed by atoms with Gasteiger partial charge in [0.1, 0.15) is 29.6 Å². The monoisotopic (exact) mass is 607 g/mol. The van der Waals surface area contributed by atoms with Gasteiger partial charge in [-0.2, -0.15) is 4.98 Å². The number of ether oxygens (including phenoxy) is 1. The molecule has 10 nitrogen and oxygen atoms in total. The Labute approximate surface area is 207 Å². The lowest BCUT2D eigenvalue weighted by Gasteiger charge is -2.25. The predicted octanol–water partition coefficient (Wildman–Crippen LogP) is 3.08. The van der Waals surface area contributed by atoms with Gasteiger partial charge in [-0.15, -0.1) is 0 Å². The number of nitrogens with two attached hydrogens (primary N) is 1. The van der Waals surface area contributed by atoms with E-state index < -0.39 is 40.9 Å². The highest BCUT2D eigenvalue weighted by Gasteiger charge is 2.55. The van der Waals surface area contributed by atoms with Gasteiger partial charge in [-0.3, -0.25) is 13.9 Å². The van der Waals surface area contributed by atoms with Gasteiger partial charge >= 0.3 is 13.3 Å². The molecule has 13 heteroatoms. The van der Waals surface area contributed by atoms with E-state index in [2.05, 4.69) is 36.8 Å². The van der Waals surface area contributed by atoms with Crippen LogP contribution in [-0.4, -0.2) is 48.7 Å². The lowest BCUT2D eigenvalue weighted by molar-refractivity contribution is -0.119. The van der Waals surface area contributed by atoms with Crippen molar-refractivity contribution in [1.29, 1.82) is 0 Å². The minimum atomic E-state index is -3.82. The number of benzene rings is 1. The molecule has 0 spiro atoms. The molecule has 1 aliphatic rings. The molecular formula is C20H24Br2N3O7P. The quantitative estimate of drug-likeness (QED) is 0.324. The molecule has 0 saturated carbocycles. The topological polar surface area (TPSA) is 143 Å². The van der Waals surface area contributed by atoms with Crippen LogP contribution >= 0.6 is 39.5 Å². The fraction of sp³-hybridized carbons (Fsp3) is 0.450. The van der Waals surface area contributed by atoms with Crippen LogP contribution < -0.4 is 15.9 Å². The summed E-state index contributed by atoms with van der Waals surface area (Å²) in [6, 6.07) is 9.86. The number of hydrogen-bond donors (Lipinski definition) is 2. The Balaban J connectivity index is 1.80. The van der Waals surface area contributed by atoms with E-state index in [4.69, 9.17) is 19.5 Å². The van der Waals surface area contributed by atoms with Crippen LogP contribution in [0.15, 0.2) is 47.4 Å². The average molecular weight is 609 g/mol. The van der Waals surface area contributed by atoms with E-state index in [1.807, 2.05) is 0 Å². The maximum absolute atomic E-state index is 13.5. The number of rotatable bonds is 9. The third-order valence-corrected chi connectivity index (χ3v) is 8.85. The first-order chi connectivity index (χ1) is 15.4. The van der Waals surface area contributed by atoms with Crippen LogP contribution in [0.3, 0.4) is 0 Å². The Hall–Kier alpha value is -1.56. The highest BCUT2D eigenvalue weighted by atomic mass is 79.9. The largest absolute Gasteiger partial charge is 0.424 e. The zero-order valence-corrected chi connectivity index (χ0v) is 21.9. The van der Waals surface area contributed by atoms with Gasteiger partial charge in [0.25, 0.3) is 0 Å². The minimum Gasteiger partial charge on any atom is -0.424 e. The molecule has 3 N–H and O–H groups in total. The van der Waals surface area contributed by atoms with E-state index in [0.29, 0.717) is 5.75 Å². The van der Waals surface area contributed by atoms with Crippen LogP contribution in [0, 0.1) is 5.92 Å². The van der Waals surface area contributed by atoms with E-state index >= 15 is 0 Å². The SMILES string of the molecule is CC(=O)[C@H](C)CP(=O)(OC[C@H]1O[C@@H](n2ccc(N)nc2=O)C(Br)(Br)[C@H]1O)Oc1ccccc1. The lowest BCUT2D eigenvalue weighted by atomic mass is 10.1. The molecule has 1 aromatic carbocycles. The van der Waals surface area contributed by atoms with E-state index in [1.165, 1.54) is 19.2 Å². The van der Waals surface area contributed by atoms with Crippen LogP contribution in [0.5, 0.6) is 5.75 Å². The van der Waals surface area contributed by atoms with Gasteiger partial charge in [0, 0.05) is 12.1 Å². The van der Waals surface area contributed by atoms with Crippen LogP contribution in [0.2, 0.25) is 0 Å². The van der Waals surface area contributed by atoms with Gasteiger partial charge in [0.15, 0.2) is 9.46 Å². The van der Waals surface area contributed by atoms with E-state index in [9.17, 15) is 19.3 Å². The van der Waals surface area contributed by atoms with E-state index in [1.54, 1.807) is 37.3 Å². The second kappa shape index (κ2) is 10.4. The summed E-state index contributed by atoms with van der Waals surface area (Å²) < 4.78 is 30.6. The molecule has 5 atom stereocenters. The van der Waals surface area contributed by atoms with Gasteiger partial charge in [0.2, 0.25) is 0 Å². The fourth-order valence-corrected chi connectivity index (χ4v) is 6.34. The normalized spacial score (nSPS) is 24.7. The molecule has 1 unspecified atom stereocenters. The second-order valence-corrected chi connectivity index (χ2v) is 13.4. The number of alkyl halides is 2. The Morgan fingerprint density at radius 1 is 1.36 bits per heavy atom. The van der Waals surface area contributed by atoms with Gasteiger partial charge < -0.3 is 20.1 Å². The molecule has 0 amide bonds. The zero-order valence-electron chi connectivity index (χ0n) is 17.8. The third kappa shape index (κ3) is 6.12. The molecule has 0 aliphatic carbocycles. The molecule has 2 aromatic rings. The van der Waals surface area contributed by atoms with Crippen LogP contribution in [0.4, 0.5) is 5.82 Å². The standard InChI is InChI=1S/C20H24Br2N3O7P/c1-12(13(2)26)11-33(29,32-14-6-4-3-5-7-14)30-10-15-17(27)20(21,22)18(31-15)25-9-8-16(23)24-19(25)28/h3-9,12,15,17-18,27H,10-11H2,1-2H3,(H2,23,24,28)/t12-,15-,17+,18-,33?/m1/s1. The molecule has 3 rings (SSSR count). The smallest absolute Gasteiger partial charge is 0.379 e. The summed E-state index contributed by atoms with van der Waals surface area (Å²) in [5, 5.41) is 10.8. The molecule has 2 heterocycles. The van der Waals surface area contributed by atoms with Gasteiger partial charge in [-0.05, 0) is 25.1 Å². The number of carbonyl (C=O) groups excluding carboxylic acids is 1. The van der Waals surface area contributed by atoms with Crippen LogP contribution in [0.1, 0.15) is 20.1 Å². The molecule has 0 radical (unpaired) electrons. The second-order valence-electron chi connectivity index (χ2n) is 7.69. The average Bonchev–Trinajstić information content (AvgIpc) is 2.96. The number of carbonyl (C=O) groups is 1. The first-order valence-corrected chi connectivity index (χ1v) is 13.3. The first-order valence-electron chi connectivity index (χ1n) is 9.97. The summed E-state index contributed by atoms with van der Waals surface area (Å²) in [7, 11) is -3.82. The number of Topliss-reactive ketones (excluding diaryl/α,β-unsaturated/α-hetero) is 1. The first kappa shape index (κ1) is 26.1. The van der Waals surface area contributed by atoms with Gasteiger partial charge in [0.05, 0.1) is 12.8 Å². The number of hydrogen-bond acceptors (Lipinski definition) is 9. The van der Waals surface area contributed by atoms with Gasteiger partial charge in [-0.1, -0.05) is 57.0 Å². The summed E-state index contributed by atoms with van der Waals surface area (Å²) in [4.78, 5) is 27.7. The number of nitrogen functional groups attached to an aromatic ring is 1. The number of halogens is 2. The van der Waals surface area contributed by atoms with Crippen molar-refractivity contribution >= 4 is 51.1 Å². The fourth-order valence-electron chi connectivity index (χ4n) is 3.12. The molecule has 1 saturated heterocycles. The van der Waals surface area contributed by atoms with Crippen molar-refractivity contribution in [3.63, 3.8) is 0 Å². The minimum absolute atomic E-state index is 0.0445. The number of aliphatic hydroxyl groups is 1. The Bertz CT molecular complexity index is 1100. The van der Waals surface area contributed by atoms with Crippen LogP contribution in [-0.2, 0) is 18.6 Å². The van der Waals surface area contributed by atoms with E-state index in [0.717, 1.165) is 4.57 Å². The van der Waals surface area contributed by atoms with Crippen molar-refractivity contribution in [3.05, 3.63) is 53.1 Å². The number of ketones is 1. The van der Waals surface area contributed by atoms with Crippen molar-refractivity contribution in [3.8, 4) is 5.75 Å². The zero-order chi connectivity index (χ0) is 24.4. The number of aliphatic hydroxyl groups excluding tert-OH is 1. The Morgan fingerprint density at radius 3 is 2.64 bits per heavy atom. The molecule has 1 aliphatic heterocycles. The van der Waals surface area contributed by atoms with Gasteiger partial charge in [-0.25, -0.2) is 9.36 Å². The highest BCUT2D eigenvalue weighted by Crippen LogP contribution is 2.53. The maximum Gasteiger partial charge on any atom is 0.379 e. The third-order valence-electron chi connectivity index (χ3n) is 5.10. The molecule has 33 heavy (non-hydrogen) atoms.